The Morgan fingerprint density at radius 3 is 2.24 bits per heavy atom. The Kier molecular flexibility index (Phi) is 10.9. The minimum atomic E-state index is 0.619. The molecule has 0 aliphatic heterocycles. The molecule has 0 saturated carbocycles. The molecule has 7 heteroatoms. The van der Waals surface area contributed by atoms with E-state index < -0.39 is 0 Å². The lowest BCUT2D eigenvalue weighted by Gasteiger charge is -2.06. The van der Waals surface area contributed by atoms with E-state index in [1.54, 1.807) is 11.8 Å². The second kappa shape index (κ2) is 12.2. The second-order valence-electron chi connectivity index (χ2n) is 4.46. The summed E-state index contributed by atoms with van der Waals surface area (Å²) in [5, 5.41) is 0.630. The SMILES string of the molecule is CCCCOCCOCCOCCSc1sc(N)nc1C. The van der Waals surface area contributed by atoms with Crippen molar-refractivity contribution >= 4 is 28.2 Å². The number of nitrogens with two attached hydrogens (primary N) is 1. The molecule has 1 rings (SSSR count). The molecule has 0 fully saturated rings. The number of nitrogen functional groups attached to an aromatic ring is 1. The smallest absolute Gasteiger partial charge is 0.181 e. The first-order valence-corrected chi connectivity index (χ1v) is 9.13. The summed E-state index contributed by atoms with van der Waals surface area (Å²) >= 11 is 3.27. The Bertz CT molecular complexity index is 375. The Labute approximate surface area is 135 Å². The van der Waals surface area contributed by atoms with Crippen molar-refractivity contribution in [1.29, 1.82) is 0 Å². The van der Waals surface area contributed by atoms with E-state index >= 15 is 0 Å². The van der Waals surface area contributed by atoms with Crippen molar-refractivity contribution in [2.75, 3.05) is 51.1 Å². The molecule has 0 spiro atoms. The molecule has 1 aromatic heterocycles. The van der Waals surface area contributed by atoms with E-state index in [-0.39, 0.29) is 0 Å². The van der Waals surface area contributed by atoms with Gasteiger partial charge in [-0.3, -0.25) is 0 Å². The van der Waals surface area contributed by atoms with Gasteiger partial charge in [0.25, 0.3) is 0 Å². The van der Waals surface area contributed by atoms with Gasteiger partial charge in [-0.1, -0.05) is 24.7 Å². The van der Waals surface area contributed by atoms with Gasteiger partial charge in [0.05, 0.1) is 42.9 Å². The average Bonchev–Trinajstić information content (AvgIpc) is 2.78. The average molecular weight is 335 g/mol. The summed E-state index contributed by atoms with van der Waals surface area (Å²) in [6.45, 7) is 8.22. The number of aryl methyl sites for hydroxylation is 1. The van der Waals surface area contributed by atoms with Crippen molar-refractivity contribution < 1.29 is 14.2 Å². The van der Waals surface area contributed by atoms with Crippen LogP contribution < -0.4 is 5.73 Å². The van der Waals surface area contributed by atoms with E-state index in [9.17, 15) is 0 Å². The molecule has 0 unspecified atom stereocenters. The third-order valence-electron chi connectivity index (χ3n) is 2.62. The molecule has 1 heterocycles. The van der Waals surface area contributed by atoms with Gasteiger partial charge in [-0.15, -0.1) is 11.8 Å². The largest absolute Gasteiger partial charge is 0.379 e. The van der Waals surface area contributed by atoms with Crippen molar-refractivity contribution in [3.05, 3.63) is 5.69 Å². The van der Waals surface area contributed by atoms with Crippen molar-refractivity contribution in [2.45, 2.75) is 30.9 Å². The summed E-state index contributed by atoms with van der Waals surface area (Å²) in [6, 6.07) is 0. The van der Waals surface area contributed by atoms with Gasteiger partial charge in [0.2, 0.25) is 0 Å². The van der Waals surface area contributed by atoms with Crippen LogP contribution in [0.5, 0.6) is 0 Å². The molecule has 0 atom stereocenters. The number of anilines is 1. The molecule has 1 aromatic rings. The monoisotopic (exact) mass is 334 g/mol. The molecule has 0 aliphatic rings. The minimum Gasteiger partial charge on any atom is -0.379 e. The highest BCUT2D eigenvalue weighted by Crippen LogP contribution is 2.30. The first-order chi connectivity index (χ1) is 10.2. The normalized spacial score (nSPS) is 11.1. The quantitative estimate of drug-likeness (QED) is 0.442. The summed E-state index contributed by atoms with van der Waals surface area (Å²) in [5.41, 5.74) is 6.66. The number of thiazole rings is 1. The number of rotatable bonds is 13. The maximum atomic E-state index is 5.65. The maximum absolute atomic E-state index is 5.65. The molecule has 0 bridgehead atoms. The van der Waals surface area contributed by atoms with Gasteiger partial charge < -0.3 is 19.9 Å². The van der Waals surface area contributed by atoms with E-state index in [0.717, 1.165) is 24.5 Å². The Hall–Kier alpha value is -0.340. The third kappa shape index (κ3) is 9.31. The van der Waals surface area contributed by atoms with Crippen LogP contribution in [0.3, 0.4) is 0 Å². The van der Waals surface area contributed by atoms with Gasteiger partial charge in [0, 0.05) is 12.4 Å². The predicted octanol–water partition coefficient (Wildman–Crippen LogP) is 2.98. The molecule has 122 valence electrons. The van der Waals surface area contributed by atoms with E-state index in [1.165, 1.54) is 22.0 Å². The molecule has 0 amide bonds. The molecule has 0 saturated heterocycles. The van der Waals surface area contributed by atoms with Gasteiger partial charge in [0.15, 0.2) is 5.13 Å². The zero-order chi connectivity index (χ0) is 15.3. The van der Waals surface area contributed by atoms with Crippen LogP contribution in [0.4, 0.5) is 5.13 Å². The van der Waals surface area contributed by atoms with Crippen LogP contribution in [-0.4, -0.2) is 50.4 Å². The molecule has 0 radical (unpaired) electrons. The lowest BCUT2D eigenvalue weighted by Crippen LogP contribution is -2.10. The summed E-state index contributed by atoms with van der Waals surface area (Å²) < 4.78 is 17.5. The van der Waals surface area contributed by atoms with E-state index in [1.807, 2.05) is 6.92 Å². The molecular weight excluding hydrogens is 308 g/mol. The molecule has 5 nitrogen and oxygen atoms in total. The van der Waals surface area contributed by atoms with Crippen LogP contribution in [0.2, 0.25) is 0 Å². The van der Waals surface area contributed by atoms with Gasteiger partial charge in [0.1, 0.15) is 0 Å². The fourth-order valence-electron chi connectivity index (χ4n) is 1.52. The molecular formula is C14H26N2O3S2. The fraction of sp³-hybridized carbons (Fsp3) is 0.786. The second-order valence-corrected chi connectivity index (χ2v) is 6.86. The first-order valence-electron chi connectivity index (χ1n) is 7.33. The predicted molar refractivity (Wildman–Crippen MR) is 89.4 cm³/mol. The molecule has 0 aromatic carbocycles. The minimum absolute atomic E-state index is 0.619. The number of nitrogens with zero attached hydrogens (tertiary/aromatic N) is 1. The molecule has 2 N–H and O–H groups in total. The summed E-state index contributed by atoms with van der Waals surface area (Å²) in [6.07, 6.45) is 2.28. The number of unbranched alkanes of at least 4 members (excludes halogenated alkanes) is 1. The molecule has 21 heavy (non-hydrogen) atoms. The Morgan fingerprint density at radius 2 is 1.67 bits per heavy atom. The highest BCUT2D eigenvalue weighted by Gasteiger charge is 2.05. The lowest BCUT2D eigenvalue weighted by atomic mass is 10.4. The zero-order valence-electron chi connectivity index (χ0n) is 12.9. The lowest BCUT2D eigenvalue weighted by molar-refractivity contribution is 0.0169. The van der Waals surface area contributed by atoms with Gasteiger partial charge in [-0.25, -0.2) is 4.98 Å². The van der Waals surface area contributed by atoms with Gasteiger partial charge in [-0.05, 0) is 13.3 Å². The number of hydrogen-bond donors (Lipinski definition) is 1. The first kappa shape index (κ1) is 18.7. The Morgan fingerprint density at radius 1 is 1.05 bits per heavy atom. The van der Waals surface area contributed by atoms with E-state index in [2.05, 4.69) is 11.9 Å². The van der Waals surface area contributed by atoms with Crippen molar-refractivity contribution in [2.24, 2.45) is 0 Å². The van der Waals surface area contributed by atoms with Crippen molar-refractivity contribution in [1.82, 2.24) is 4.98 Å². The van der Waals surface area contributed by atoms with Crippen LogP contribution >= 0.6 is 23.1 Å². The van der Waals surface area contributed by atoms with Crippen LogP contribution in [0, 0.1) is 6.92 Å². The number of ether oxygens (including phenoxy) is 3. The topological polar surface area (TPSA) is 66.6 Å². The van der Waals surface area contributed by atoms with Crippen LogP contribution in [-0.2, 0) is 14.2 Å². The number of aromatic nitrogens is 1. The number of thioether (sulfide) groups is 1. The van der Waals surface area contributed by atoms with Crippen LogP contribution in [0.1, 0.15) is 25.5 Å². The fourth-order valence-corrected chi connectivity index (χ4v) is 3.47. The van der Waals surface area contributed by atoms with E-state index in [4.69, 9.17) is 19.9 Å². The molecule has 0 aliphatic carbocycles. The number of hydrogen-bond acceptors (Lipinski definition) is 7. The summed E-state index contributed by atoms with van der Waals surface area (Å²) in [5.74, 6) is 0.905. The van der Waals surface area contributed by atoms with Crippen molar-refractivity contribution in [3.8, 4) is 0 Å². The zero-order valence-corrected chi connectivity index (χ0v) is 14.6. The summed E-state index contributed by atoms with van der Waals surface area (Å²) in [7, 11) is 0. The van der Waals surface area contributed by atoms with Crippen molar-refractivity contribution in [3.63, 3.8) is 0 Å². The standard InChI is InChI=1S/C14H26N2O3S2/c1-3-4-5-17-6-7-18-8-9-19-10-11-20-13-12(2)16-14(15)21-13/h3-11H2,1-2H3,(H2,15,16). The maximum Gasteiger partial charge on any atom is 0.181 e. The third-order valence-corrected chi connectivity index (χ3v) is 4.93. The van der Waals surface area contributed by atoms with Gasteiger partial charge >= 0.3 is 0 Å². The Balaban J connectivity index is 1.84. The van der Waals surface area contributed by atoms with Crippen LogP contribution in [0.25, 0.3) is 0 Å². The van der Waals surface area contributed by atoms with E-state index in [0.29, 0.717) is 38.2 Å². The highest BCUT2D eigenvalue weighted by molar-refractivity contribution is 8.01. The van der Waals surface area contributed by atoms with Gasteiger partial charge in [-0.2, -0.15) is 0 Å². The van der Waals surface area contributed by atoms with Crippen LogP contribution in [0.15, 0.2) is 4.21 Å². The summed E-state index contributed by atoms with van der Waals surface area (Å²) in [4.78, 5) is 4.19. The highest BCUT2D eigenvalue weighted by atomic mass is 32.2.